The summed E-state index contributed by atoms with van der Waals surface area (Å²) in [4.78, 5) is 16.7. The van der Waals surface area contributed by atoms with Gasteiger partial charge >= 0.3 is 0 Å². The molecule has 0 atom stereocenters. The van der Waals surface area contributed by atoms with Crippen LogP contribution < -0.4 is 5.32 Å². The maximum absolute atomic E-state index is 12.4. The van der Waals surface area contributed by atoms with E-state index >= 15 is 0 Å². The first kappa shape index (κ1) is 15.7. The molecule has 2 N–H and O–H groups in total. The fraction of sp³-hybridized carbons (Fsp3) is 0.471. The number of aromatic nitrogens is 3. The molecule has 1 fully saturated rings. The quantitative estimate of drug-likeness (QED) is 0.903. The molecule has 1 amide bonds. The fourth-order valence-corrected chi connectivity index (χ4v) is 3.21. The van der Waals surface area contributed by atoms with Crippen molar-refractivity contribution in [2.75, 3.05) is 6.61 Å². The summed E-state index contributed by atoms with van der Waals surface area (Å²) in [6.07, 6.45) is 3.77. The van der Waals surface area contributed by atoms with Gasteiger partial charge in [0.05, 0.1) is 17.8 Å². The Bertz CT molecular complexity index is 700. The van der Waals surface area contributed by atoms with Crippen molar-refractivity contribution >= 4 is 5.91 Å². The van der Waals surface area contributed by atoms with E-state index in [-0.39, 0.29) is 12.5 Å². The van der Waals surface area contributed by atoms with E-state index in [0.717, 1.165) is 43.0 Å². The highest BCUT2D eigenvalue weighted by atomic mass is 16.3. The topological polar surface area (TPSA) is 80.0 Å². The van der Waals surface area contributed by atoms with Gasteiger partial charge in [-0.25, -0.2) is 9.67 Å². The number of aliphatic hydroxyl groups excluding tert-OH is 1. The molecule has 1 aromatic heterocycles. The molecule has 6 nitrogen and oxygen atoms in total. The molecule has 1 saturated carbocycles. The van der Waals surface area contributed by atoms with E-state index in [4.69, 9.17) is 0 Å². The summed E-state index contributed by atoms with van der Waals surface area (Å²) in [5.74, 6) is 1.39. The fourth-order valence-electron chi connectivity index (χ4n) is 3.21. The number of amides is 1. The summed E-state index contributed by atoms with van der Waals surface area (Å²) < 4.78 is 1.75. The van der Waals surface area contributed by atoms with Gasteiger partial charge in [0.2, 0.25) is 0 Å². The summed E-state index contributed by atoms with van der Waals surface area (Å²) >= 11 is 0. The van der Waals surface area contributed by atoms with Crippen molar-refractivity contribution in [3.8, 4) is 5.69 Å². The first-order valence-corrected chi connectivity index (χ1v) is 7.97. The number of hydrogen-bond donors (Lipinski definition) is 2. The van der Waals surface area contributed by atoms with Crippen molar-refractivity contribution in [3.63, 3.8) is 0 Å². The summed E-state index contributed by atoms with van der Waals surface area (Å²) in [5, 5.41) is 16.9. The molecular weight excluding hydrogens is 292 g/mol. The summed E-state index contributed by atoms with van der Waals surface area (Å²) in [7, 11) is 0. The van der Waals surface area contributed by atoms with Crippen molar-refractivity contribution in [1.29, 1.82) is 0 Å². The molecule has 1 aliphatic carbocycles. The molecule has 0 spiro atoms. The lowest BCUT2D eigenvalue weighted by Gasteiger charge is -2.28. The third kappa shape index (κ3) is 3.12. The Labute approximate surface area is 135 Å². The predicted molar refractivity (Wildman–Crippen MR) is 86.6 cm³/mol. The normalized spacial score (nSPS) is 16.5. The van der Waals surface area contributed by atoms with Crippen LogP contribution in [0.4, 0.5) is 0 Å². The molecule has 3 rings (SSSR count). The number of nitrogens with one attached hydrogen (secondary N) is 1. The molecule has 23 heavy (non-hydrogen) atoms. The highest BCUT2D eigenvalue weighted by molar-refractivity contribution is 5.94. The molecule has 0 radical (unpaired) electrons. The van der Waals surface area contributed by atoms with Crippen LogP contribution in [-0.2, 0) is 0 Å². The average Bonchev–Trinajstić information content (AvgIpc) is 3.14. The molecule has 0 saturated heterocycles. The Balaban J connectivity index is 1.76. The third-order valence-corrected chi connectivity index (χ3v) is 4.49. The van der Waals surface area contributed by atoms with Gasteiger partial charge in [-0.15, -0.1) is 0 Å². The second kappa shape index (κ2) is 6.12. The lowest BCUT2D eigenvalue weighted by Crippen LogP contribution is -2.49. The van der Waals surface area contributed by atoms with Crippen LogP contribution in [0.3, 0.4) is 0 Å². The SMILES string of the molecule is Cc1nc(C)n(-c2ccc(C(=O)NC3(CO)CCCC3)cc2)n1. The second-order valence-corrected chi connectivity index (χ2v) is 6.26. The van der Waals surface area contributed by atoms with E-state index in [1.54, 1.807) is 16.8 Å². The highest BCUT2D eigenvalue weighted by Gasteiger charge is 2.34. The van der Waals surface area contributed by atoms with E-state index in [2.05, 4.69) is 15.4 Å². The number of rotatable bonds is 4. The van der Waals surface area contributed by atoms with E-state index in [1.807, 2.05) is 26.0 Å². The Hall–Kier alpha value is -2.21. The average molecular weight is 314 g/mol. The van der Waals surface area contributed by atoms with Crippen LogP contribution in [0.15, 0.2) is 24.3 Å². The molecule has 0 aliphatic heterocycles. The third-order valence-electron chi connectivity index (χ3n) is 4.49. The molecule has 6 heteroatoms. The highest BCUT2D eigenvalue weighted by Crippen LogP contribution is 2.29. The standard InChI is InChI=1S/C17H22N4O2/c1-12-18-13(2)21(20-12)15-7-5-14(6-8-15)16(23)19-17(11-22)9-3-4-10-17/h5-8,22H,3-4,9-11H2,1-2H3,(H,19,23). The van der Waals surface area contributed by atoms with Gasteiger partial charge in [-0.2, -0.15) is 5.10 Å². The molecular formula is C17H22N4O2. The number of aryl methyl sites for hydroxylation is 2. The molecule has 1 aliphatic rings. The Morgan fingerprint density at radius 3 is 2.43 bits per heavy atom. The van der Waals surface area contributed by atoms with Crippen LogP contribution in [-0.4, -0.2) is 37.9 Å². The van der Waals surface area contributed by atoms with Crippen molar-refractivity contribution in [2.24, 2.45) is 0 Å². The second-order valence-electron chi connectivity index (χ2n) is 6.26. The lowest BCUT2D eigenvalue weighted by atomic mass is 9.98. The zero-order valence-electron chi connectivity index (χ0n) is 13.5. The molecule has 0 bridgehead atoms. The minimum atomic E-state index is -0.449. The van der Waals surface area contributed by atoms with Crippen molar-refractivity contribution < 1.29 is 9.90 Å². The van der Waals surface area contributed by atoms with Gasteiger partial charge in [0.25, 0.3) is 5.91 Å². The van der Waals surface area contributed by atoms with Gasteiger partial charge in [0.15, 0.2) is 0 Å². The Morgan fingerprint density at radius 2 is 1.91 bits per heavy atom. The van der Waals surface area contributed by atoms with Crippen LogP contribution in [0.2, 0.25) is 0 Å². The minimum Gasteiger partial charge on any atom is -0.394 e. The number of hydrogen-bond acceptors (Lipinski definition) is 4. The predicted octanol–water partition coefficient (Wildman–Crippen LogP) is 1.92. The minimum absolute atomic E-state index is 0.00570. The number of nitrogens with zero attached hydrogens (tertiary/aromatic N) is 3. The molecule has 122 valence electrons. The van der Waals surface area contributed by atoms with E-state index in [9.17, 15) is 9.90 Å². The molecule has 0 unspecified atom stereocenters. The van der Waals surface area contributed by atoms with Crippen LogP contribution in [0.25, 0.3) is 5.69 Å². The largest absolute Gasteiger partial charge is 0.394 e. The summed E-state index contributed by atoms with van der Waals surface area (Å²) in [6, 6.07) is 7.27. The first-order chi connectivity index (χ1) is 11.0. The van der Waals surface area contributed by atoms with E-state index < -0.39 is 5.54 Å². The Kier molecular flexibility index (Phi) is 4.17. The van der Waals surface area contributed by atoms with E-state index in [1.165, 1.54) is 0 Å². The monoisotopic (exact) mass is 314 g/mol. The van der Waals surface area contributed by atoms with Crippen LogP contribution in [0, 0.1) is 13.8 Å². The Morgan fingerprint density at radius 1 is 1.26 bits per heavy atom. The van der Waals surface area contributed by atoms with E-state index in [0.29, 0.717) is 5.56 Å². The maximum Gasteiger partial charge on any atom is 0.251 e. The van der Waals surface area contributed by atoms with Gasteiger partial charge in [-0.3, -0.25) is 4.79 Å². The first-order valence-electron chi connectivity index (χ1n) is 7.97. The molecule has 2 aromatic rings. The summed E-state index contributed by atoms with van der Waals surface area (Å²) in [5.41, 5.74) is 1.01. The van der Waals surface area contributed by atoms with Crippen LogP contribution >= 0.6 is 0 Å². The molecule has 1 heterocycles. The lowest BCUT2D eigenvalue weighted by molar-refractivity contribution is 0.0838. The van der Waals surface area contributed by atoms with Gasteiger partial charge in [0.1, 0.15) is 11.6 Å². The van der Waals surface area contributed by atoms with Crippen molar-refractivity contribution in [2.45, 2.75) is 45.1 Å². The van der Waals surface area contributed by atoms with Gasteiger partial charge in [-0.1, -0.05) is 12.8 Å². The van der Waals surface area contributed by atoms with Gasteiger partial charge in [0, 0.05) is 5.56 Å². The number of benzene rings is 1. The van der Waals surface area contributed by atoms with Gasteiger partial charge < -0.3 is 10.4 Å². The van der Waals surface area contributed by atoms with Crippen LogP contribution in [0.1, 0.15) is 47.7 Å². The zero-order valence-corrected chi connectivity index (χ0v) is 13.5. The van der Waals surface area contributed by atoms with Gasteiger partial charge in [-0.05, 0) is 51.0 Å². The number of aliphatic hydroxyl groups is 1. The zero-order chi connectivity index (χ0) is 16.4. The number of carbonyl (C=O) groups excluding carboxylic acids is 1. The molecule has 1 aromatic carbocycles. The summed E-state index contributed by atoms with van der Waals surface area (Å²) in [6.45, 7) is 3.74. The van der Waals surface area contributed by atoms with Crippen LogP contribution in [0.5, 0.6) is 0 Å². The van der Waals surface area contributed by atoms with Crippen molar-refractivity contribution in [3.05, 3.63) is 41.5 Å². The number of carbonyl (C=O) groups is 1. The van der Waals surface area contributed by atoms with Crippen molar-refractivity contribution in [1.82, 2.24) is 20.1 Å². The smallest absolute Gasteiger partial charge is 0.251 e. The maximum atomic E-state index is 12.4.